The molecule has 0 aromatic heterocycles. The third-order valence-corrected chi connectivity index (χ3v) is 3.75. The minimum atomic E-state index is -0.954. The van der Waals surface area contributed by atoms with Crippen LogP contribution in [0.25, 0.3) is 11.1 Å². The Labute approximate surface area is 118 Å². The topological polar surface area (TPSA) is 37.3 Å². The van der Waals surface area contributed by atoms with Crippen molar-refractivity contribution in [2.75, 3.05) is 0 Å². The van der Waals surface area contributed by atoms with Gasteiger partial charge in [0.15, 0.2) is 0 Å². The highest BCUT2D eigenvalue weighted by Gasteiger charge is 2.45. The number of rotatable bonds is 3. The lowest BCUT2D eigenvalue weighted by molar-refractivity contribution is -0.138. The van der Waals surface area contributed by atoms with Crippen LogP contribution in [0.15, 0.2) is 36.4 Å². The molecule has 108 valence electrons. The third kappa shape index (κ3) is 2.39. The van der Waals surface area contributed by atoms with Gasteiger partial charge in [-0.1, -0.05) is 12.1 Å². The maximum atomic E-state index is 13.9. The van der Waals surface area contributed by atoms with E-state index >= 15 is 0 Å². The Kier molecular flexibility index (Phi) is 3.20. The molecule has 0 amide bonds. The maximum Gasteiger partial charge on any atom is 0.307 e. The Bertz CT molecular complexity index is 707. The summed E-state index contributed by atoms with van der Waals surface area (Å²) in [4.78, 5) is 11.0. The average molecular weight is 292 g/mol. The third-order valence-electron chi connectivity index (χ3n) is 3.75. The zero-order chi connectivity index (χ0) is 15.1. The predicted octanol–water partition coefficient (Wildman–Crippen LogP) is 3.96. The molecular weight excluding hydrogens is 281 g/mol. The Morgan fingerprint density at radius 3 is 2.33 bits per heavy atom. The Morgan fingerprint density at radius 2 is 1.76 bits per heavy atom. The first-order valence-corrected chi connectivity index (χ1v) is 6.45. The van der Waals surface area contributed by atoms with Crippen LogP contribution in [0.4, 0.5) is 13.2 Å². The van der Waals surface area contributed by atoms with Crippen LogP contribution < -0.4 is 0 Å². The molecule has 1 aliphatic rings. The molecule has 2 aromatic rings. The molecule has 0 aliphatic heterocycles. The van der Waals surface area contributed by atoms with Crippen LogP contribution in [0.1, 0.15) is 17.9 Å². The van der Waals surface area contributed by atoms with Gasteiger partial charge in [-0.2, -0.15) is 0 Å². The fraction of sp³-hybridized carbons (Fsp3) is 0.188. The molecule has 2 nitrogen and oxygen atoms in total. The summed E-state index contributed by atoms with van der Waals surface area (Å²) in [7, 11) is 0. The molecule has 2 atom stereocenters. The number of aliphatic carboxylic acids is 1. The van der Waals surface area contributed by atoms with Gasteiger partial charge in [0.25, 0.3) is 0 Å². The number of carbonyl (C=O) groups is 1. The Morgan fingerprint density at radius 1 is 1.10 bits per heavy atom. The molecule has 2 aromatic carbocycles. The summed E-state index contributed by atoms with van der Waals surface area (Å²) in [6.07, 6.45) is 0.393. The van der Waals surface area contributed by atoms with Gasteiger partial charge in [-0.25, -0.2) is 13.2 Å². The molecular formula is C16H11F3O2. The van der Waals surface area contributed by atoms with Gasteiger partial charge in [0, 0.05) is 0 Å². The molecule has 0 saturated heterocycles. The van der Waals surface area contributed by atoms with Crippen molar-refractivity contribution in [2.24, 2.45) is 5.92 Å². The molecule has 1 aliphatic carbocycles. The molecule has 1 saturated carbocycles. The van der Waals surface area contributed by atoms with Crippen LogP contribution >= 0.6 is 0 Å². The molecule has 0 heterocycles. The minimum Gasteiger partial charge on any atom is -0.481 e. The van der Waals surface area contributed by atoms with E-state index in [1.54, 1.807) is 0 Å². The number of hydrogen-bond acceptors (Lipinski definition) is 1. The van der Waals surface area contributed by atoms with Crippen molar-refractivity contribution < 1.29 is 23.1 Å². The van der Waals surface area contributed by atoms with Crippen molar-refractivity contribution in [1.29, 1.82) is 0 Å². The lowest BCUT2D eigenvalue weighted by Gasteiger charge is -2.11. The van der Waals surface area contributed by atoms with Crippen LogP contribution in [-0.2, 0) is 4.79 Å². The van der Waals surface area contributed by atoms with E-state index in [0.29, 0.717) is 12.0 Å². The monoisotopic (exact) mass is 292 g/mol. The van der Waals surface area contributed by atoms with E-state index in [-0.39, 0.29) is 17.0 Å². The number of benzene rings is 2. The van der Waals surface area contributed by atoms with Crippen molar-refractivity contribution in [3.8, 4) is 11.1 Å². The highest BCUT2D eigenvalue weighted by atomic mass is 19.1. The molecule has 0 radical (unpaired) electrons. The highest BCUT2D eigenvalue weighted by molar-refractivity contribution is 5.78. The van der Waals surface area contributed by atoms with Gasteiger partial charge in [0.05, 0.1) is 11.5 Å². The second-order valence-electron chi connectivity index (χ2n) is 5.12. The standard InChI is InChI=1S/C16H11F3O2/c17-8-4-5-9(10-7-12(10)16(20)21)11(6-8)15-13(18)2-1-3-14(15)19/h1-6,10,12H,7H2,(H,20,21)/t10-,12+/m0/s1. The van der Waals surface area contributed by atoms with Crippen molar-refractivity contribution in [3.63, 3.8) is 0 Å². The van der Waals surface area contributed by atoms with Crippen molar-refractivity contribution in [3.05, 3.63) is 59.4 Å². The van der Waals surface area contributed by atoms with Crippen LogP contribution in [0.2, 0.25) is 0 Å². The van der Waals surface area contributed by atoms with Gasteiger partial charge in [-0.05, 0) is 47.7 Å². The summed E-state index contributed by atoms with van der Waals surface area (Å²) < 4.78 is 41.3. The lowest BCUT2D eigenvalue weighted by atomic mass is 9.95. The zero-order valence-electron chi connectivity index (χ0n) is 10.8. The largest absolute Gasteiger partial charge is 0.481 e. The van der Waals surface area contributed by atoms with Gasteiger partial charge in [-0.3, -0.25) is 4.79 Å². The van der Waals surface area contributed by atoms with Crippen molar-refractivity contribution in [2.45, 2.75) is 12.3 Å². The van der Waals surface area contributed by atoms with Crippen LogP contribution in [0.3, 0.4) is 0 Å². The smallest absolute Gasteiger partial charge is 0.307 e. The minimum absolute atomic E-state index is 0.0827. The van der Waals surface area contributed by atoms with E-state index in [9.17, 15) is 18.0 Å². The van der Waals surface area contributed by atoms with E-state index in [1.165, 1.54) is 18.2 Å². The fourth-order valence-electron chi connectivity index (χ4n) is 2.64. The van der Waals surface area contributed by atoms with Crippen molar-refractivity contribution >= 4 is 5.97 Å². The Balaban J connectivity index is 2.14. The van der Waals surface area contributed by atoms with E-state index in [0.717, 1.165) is 18.2 Å². The first-order valence-electron chi connectivity index (χ1n) is 6.45. The first-order chi connectivity index (χ1) is 9.99. The van der Waals surface area contributed by atoms with Gasteiger partial charge >= 0.3 is 5.97 Å². The maximum absolute atomic E-state index is 13.9. The Hall–Kier alpha value is -2.30. The number of halogens is 3. The molecule has 1 fully saturated rings. The molecule has 3 rings (SSSR count). The normalized spacial score (nSPS) is 20.3. The molecule has 21 heavy (non-hydrogen) atoms. The van der Waals surface area contributed by atoms with E-state index in [2.05, 4.69) is 0 Å². The lowest BCUT2D eigenvalue weighted by Crippen LogP contribution is -2.01. The summed E-state index contributed by atoms with van der Waals surface area (Å²) in [5.74, 6) is -4.09. The highest BCUT2D eigenvalue weighted by Crippen LogP contribution is 2.50. The van der Waals surface area contributed by atoms with Gasteiger partial charge in [0.1, 0.15) is 17.5 Å². The van der Waals surface area contributed by atoms with E-state index in [4.69, 9.17) is 5.11 Å². The van der Waals surface area contributed by atoms with Crippen LogP contribution in [-0.4, -0.2) is 11.1 Å². The van der Waals surface area contributed by atoms with E-state index in [1.807, 2.05) is 0 Å². The fourth-order valence-corrected chi connectivity index (χ4v) is 2.64. The van der Waals surface area contributed by atoms with Crippen LogP contribution in [0.5, 0.6) is 0 Å². The molecule has 5 heteroatoms. The van der Waals surface area contributed by atoms with Crippen molar-refractivity contribution in [1.82, 2.24) is 0 Å². The second-order valence-corrected chi connectivity index (χ2v) is 5.12. The number of carboxylic acid groups (broad SMARTS) is 1. The number of carboxylic acids is 1. The average Bonchev–Trinajstić information content (AvgIpc) is 3.19. The first kappa shape index (κ1) is 13.7. The zero-order valence-corrected chi connectivity index (χ0v) is 10.8. The van der Waals surface area contributed by atoms with Crippen LogP contribution in [0, 0.1) is 23.4 Å². The summed E-state index contributed by atoms with van der Waals surface area (Å²) >= 11 is 0. The second kappa shape index (κ2) is 4.91. The molecule has 0 spiro atoms. The summed E-state index contributed by atoms with van der Waals surface area (Å²) in [5, 5.41) is 8.99. The summed E-state index contributed by atoms with van der Waals surface area (Å²) in [5.41, 5.74) is 0.232. The predicted molar refractivity (Wildman–Crippen MR) is 70.2 cm³/mol. The molecule has 0 bridgehead atoms. The van der Waals surface area contributed by atoms with Gasteiger partial charge < -0.3 is 5.11 Å². The number of hydrogen-bond donors (Lipinski definition) is 1. The van der Waals surface area contributed by atoms with Gasteiger partial charge in [-0.15, -0.1) is 0 Å². The quantitative estimate of drug-likeness (QED) is 0.929. The SMILES string of the molecule is O=C(O)[C@@H]1C[C@H]1c1ccc(F)cc1-c1c(F)cccc1F. The molecule has 1 N–H and O–H groups in total. The summed E-state index contributed by atoms with van der Waals surface area (Å²) in [6, 6.07) is 7.04. The summed E-state index contributed by atoms with van der Waals surface area (Å²) in [6.45, 7) is 0. The van der Waals surface area contributed by atoms with E-state index < -0.39 is 29.3 Å². The van der Waals surface area contributed by atoms with Gasteiger partial charge in [0.2, 0.25) is 0 Å². The molecule has 0 unspecified atom stereocenters.